The number of hydrogen-bond donors (Lipinski definition) is 2. The van der Waals surface area contributed by atoms with Crippen molar-refractivity contribution in [1.82, 2.24) is 14.1 Å². The van der Waals surface area contributed by atoms with Gasteiger partial charge in [0.05, 0.1) is 0 Å². The molecule has 0 radical (unpaired) electrons. The molecular formula is C10H19N5O4S2. The smallest absolute Gasteiger partial charge is 0.272 e. The highest BCUT2D eigenvalue weighted by molar-refractivity contribution is 7.91. The average molecular weight is 337 g/mol. The van der Waals surface area contributed by atoms with Gasteiger partial charge in [-0.25, -0.2) is 13.6 Å². The third-order valence-corrected chi connectivity index (χ3v) is 5.90. The van der Waals surface area contributed by atoms with E-state index in [0.29, 0.717) is 6.54 Å². The van der Waals surface area contributed by atoms with E-state index in [1.54, 1.807) is 0 Å². The molecule has 1 unspecified atom stereocenters. The van der Waals surface area contributed by atoms with Gasteiger partial charge in [0.1, 0.15) is 4.90 Å². The molecule has 0 bridgehead atoms. The van der Waals surface area contributed by atoms with Crippen molar-refractivity contribution < 1.29 is 16.8 Å². The number of nitrogens with two attached hydrogens (primary N) is 1. The Morgan fingerprint density at radius 3 is 2.57 bits per heavy atom. The second-order valence-corrected chi connectivity index (χ2v) is 8.28. The summed E-state index contributed by atoms with van der Waals surface area (Å²) in [5.74, 6) is -0.280. The van der Waals surface area contributed by atoms with E-state index < -0.39 is 20.2 Å². The third kappa shape index (κ3) is 3.54. The molecule has 1 aliphatic heterocycles. The molecule has 1 saturated heterocycles. The van der Waals surface area contributed by atoms with Gasteiger partial charge in [0, 0.05) is 25.8 Å². The van der Waals surface area contributed by atoms with E-state index >= 15 is 0 Å². The topological polar surface area (TPSA) is 127 Å². The summed E-state index contributed by atoms with van der Waals surface area (Å²) in [4.78, 5) is -0.349. The normalized spacial score (nSPS) is 21.4. The molecule has 1 aliphatic rings. The van der Waals surface area contributed by atoms with E-state index in [-0.39, 0.29) is 16.8 Å². The van der Waals surface area contributed by atoms with Crippen LogP contribution in [-0.2, 0) is 27.3 Å². The SMILES string of the molecule is CC1CCCCN1S(=O)(=O)Nc1nn(C)cc1S(N)(=O)=O. The van der Waals surface area contributed by atoms with Crippen LogP contribution in [0.3, 0.4) is 0 Å². The average Bonchev–Trinajstić information content (AvgIpc) is 2.69. The monoisotopic (exact) mass is 337 g/mol. The van der Waals surface area contributed by atoms with Crippen LogP contribution in [-0.4, -0.2) is 43.5 Å². The molecule has 3 N–H and O–H groups in total. The van der Waals surface area contributed by atoms with Crippen molar-refractivity contribution in [2.45, 2.75) is 37.1 Å². The number of aromatic nitrogens is 2. The van der Waals surface area contributed by atoms with Gasteiger partial charge >= 0.3 is 10.2 Å². The van der Waals surface area contributed by atoms with Crippen molar-refractivity contribution in [2.75, 3.05) is 11.3 Å². The zero-order chi connectivity index (χ0) is 15.8. The van der Waals surface area contributed by atoms with Crippen LogP contribution in [0, 0.1) is 0 Å². The Hall–Kier alpha value is -1.17. The summed E-state index contributed by atoms with van der Waals surface area (Å²) in [6.07, 6.45) is 3.67. The van der Waals surface area contributed by atoms with Gasteiger partial charge in [-0.15, -0.1) is 0 Å². The summed E-state index contributed by atoms with van der Waals surface area (Å²) in [6, 6.07) is -0.141. The lowest BCUT2D eigenvalue weighted by Crippen LogP contribution is -2.45. The Kier molecular flexibility index (Phi) is 4.29. The fraction of sp³-hybridized carbons (Fsp3) is 0.700. The van der Waals surface area contributed by atoms with Crippen molar-refractivity contribution in [3.63, 3.8) is 0 Å². The summed E-state index contributed by atoms with van der Waals surface area (Å²) in [5, 5.41) is 8.89. The number of anilines is 1. The predicted molar refractivity (Wildman–Crippen MR) is 77.1 cm³/mol. The minimum Gasteiger partial charge on any atom is -0.272 e. The van der Waals surface area contributed by atoms with Gasteiger partial charge in [-0.05, 0) is 19.8 Å². The van der Waals surface area contributed by atoms with Crippen molar-refractivity contribution in [3.05, 3.63) is 6.20 Å². The van der Waals surface area contributed by atoms with Gasteiger partial charge in [0.15, 0.2) is 5.82 Å². The molecule has 0 spiro atoms. The molecule has 1 aromatic heterocycles. The summed E-state index contributed by atoms with van der Waals surface area (Å²) in [7, 11) is -6.44. The highest BCUT2D eigenvalue weighted by Crippen LogP contribution is 2.24. The molecule has 1 atom stereocenters. The maximum atomic E-state index is 12.4. The summed E-state index contributed by atoms with van der Waals surface area (Å²) in [6.45, 7) is 2.21. The van der Waals surface area contributed by atoms with Crippen molar-refractivity contribution in [3.8, 4) is 0 Å². The maximum Gasteiger partial charge on any atom is 0.303 e. The fourth-order valence-electron chi connectivity index (χ4n) is 2.36. The Morgan fingerprint density at radius 1 is 1.33 bits per heavy atom. The molecule has 0 aliphatic carbocycles. The lowest BCUT2D eigenvalue weighted by atomic mass is 10.1. The molecular weight excluding hydrogens is 318 g/mol. The largest absolute Gasteiger partial charge is 0.303 e. The molecule has 9 nitrogen and oxygen atoms in total. The van der Waals surface area contributed by atoms with Gasteiger partial charge in [0.25, 0.3) is 0 Å². The molecule has 11 heteroatoms. The van der Waals surface area contributed by atoms with Gasteiger partial charge in [-0.3, -0.25) is 9.40 Å². The fourth-order valence-corrected chi connectivity index (χ4v) is 4.54. The first-order valence-corrected chi connectivity index (χ1v) is 9.46. The zero-order valence-electron chi connectivity index (χ0n) is 11.9. The van der Waals surface area contributed by atoms with Crippen LogP contribution in [0.1, 0.15) is 26.2 Å². The highest BCUT2D eigenvalue weighted by Gasteiger charge is 2.31. The van der Waals surface area contributed by atoms with E-state index in [1.165, 1.54) is 16.0 Å². The highest BCUT2D eigenvalue weighted by atomic mass is 32.2. The first kappa shape index (κ1) is 16.2. The molecule has 0 amide bonds. The first-order valence-electron chi connectivity index (χ1n) is 6.47. The van der Waals surface area contributed by atoms with Crippen LogP contribution in [0.25, 0.3) is 0 Å². The molecule has 0 aromatic carbocycles. The molecule has 0 saturated carbocycles. The lowest BCUT2D eigenvalue weighted by Gasteiger charge is -2.32. The number of rotatable bonds is 4. The minimum atomic E-state index is -4.06. The molecule has 21 heavy (non-hydrogen) atoms. The Morgan fingerprint density at radius 2 is 2.00 bits per heavy atom. The van der Waals surface area contributed by atoms with E-state index in [0.717, 1.165) is 25.5 Å². The number of primary sulfonamides is 1. The second-order valence-electron chi connectivity index (χ2n) is 5.12. The van der Waals surface area contributed by atoms with Gasteiger partial charge in [0.2, 0.25) is 10.0 Å². The standard InChI is InChI=1S/C10H19N5O4S2/c1-8-5-3-4-6-15(8)21(18,19)13-10-9(20(11,16)17)7-14(2)12-10/h7-8H,3-6H2,1-2H3,(H,12,13)(H2,11,16,17). The number of aryl methyl sites for hydroxylation is 1. The van der Waals surface area contributed by atoms with Crippen LogP contribution >= 0.6 is 0 Å². The first-order chi connectivity index (χ1) is 9.61. The van der Waals surface area contributed by atoms with Crippen LogP contribution in [0.2, 0.25) is 0 Å². The molecule has 120 valence electrons. The number of nitrogens with zero attached hydrogens (tertiary/aromatic N) is 3. The minimum absolute atomic E-state index is 0.141. The van der Waals surface area contributed by atoms with E-state index in [4.69, 9.17) is 5.14 Å². The third-order valence-electron chi connectivity index (χ3n) is 3.38. The lowest BCUT2D eigenvalue weighted by molar-refractivity contribution is 0.270. The molecule has 2 heterocycles. The molecule has 1 fully saturated rings. The quantitative estimate of drug-likeness (QED) is 0.772. The Bertz CT molecular complexity index is 725. The second kappa shape index (κ2) is 5.55. The maximum absolute atomic E-state index is 12.4. The van der Waals surface area contributed by atoms with Crippen molar-refractivity contribution in [1.29, 1.82) is 0 Å². The molecule has 1 aromatic rings. The summed E-state index contributed by atoms with van der Waals surface area (Å²) in [5.41, 5.74) is 0. The van der Waals surface area contributed by atoms with Crippen LogP contribution < -0.4 is 9.86 Å². The van der Waals surface area contributed by atoms with Crippen LogP contribution in [0.5, 0.6) is 0 Å². The summed E-state index contributed by atoms with van der Waals surface area (Å²) < 4.78 is 52.4. The van der Waals surface area contributed by atoms with Gasteiger partial charge in [-0.2, -0.15) is 17.8 Å². The Labute approximate surface area is 124 Å². The van der Waals surface area contributed by atoms with Gasteiger partial charge < -0.3 is 0 Å². The van der Waals surface area contributed by atoms with Crippen molar-refractivity contribution >= 4 is 26.1 Å². The number of sulfonamides is 1. The molecule has 2 rings (SSSR count). The summed E-state index contributed by atoms with van der Waals surface area (Å²) >= 11 is 0. The number of piperidine rings is 1. The van der Waals surface area contributed by atoms with Crippen molar-refractivity contribution in [2.24, 2.45) is 12.2 Å². The predicted octanol–water partition coefficient (Wildman–Crippen LogP) is -0.401. The number of hydrogen-bond acceptors (Lipinski definition) is 5. The van der Waals surface area contributed by atoms with E-state index in [1.807, 2.05) is 6.92 Å². The van der Waals surface area contributed by atoms with Gasteiger partial charge in [-0.1, -0.05) is 6.42 Å². The van der Waals surface area contributed by atoms with Crippen LogP contribution in [0.4, 0.5) is 5.82 Å². The number of nitrogens with one attached hydrogen (secondary N) is 1. The van der Waals surface area contributed by atoms with E-state index in [9.17, 15) is 16.8 Å². The van der Waals surface area contributed by atoms with E-state index in [2.05, 4.69) is 9.82 Å². The van der Waals surface area contributed by atoms with Crippen LogP contribution in [0.15, 0.2) is 11.1 Å². The Balaban J connectivity index is 2.33. The zero-order valence-corrected chi connectivity index (χ0v) is 13.5.